The van der Waals surface area contributed by atoms with E-state index in [1.165, 1.54) is 35.6 Å². The normalized spacial score (nSPS) is 23.1. The zero-order valence-corrected chi connectivity index (χ0v) is 15.9. The van der Waals surface area contributed by atoms with Crippen molar-refractivity contribution in [3.05, 3.63) is 41.3 Å². The average molecular weight is 425 g/mol. The second-order valence-corrected chi connectivity index (χ2v) is 8.11. The van der Waals surface area contributed by atoms with Crippen molar-refractivity contribution in [3.8, 4) is 10.8 Å². The van der Waals surface area contributed by atoms with Crippen LogP contribution in [0.3, 0.4) is 0 Å². The fourth-order valence-electron chi connectivity index (χ4n) is 3.64. The average Bonchev–Trinajstić information content (AvgIpc) is 3.39. The molecule has 29 heavy (non-hydrogen) atoms. The minimum Gasteiger partial charge on any atom is -0.447 e. The van der Waals surface area contributed by atoms with Crippen molar-refractivity contribution in [3.63, 3.8) is 0 Å². The molecule has 0 aliphatic carbocycles. The summed E-state index contributed by atoms with van der Waals surface area (Å²) < 4.78 is 42.5. The standard InChI is InChI=1S/C19H18F3N3O3S/c20-19(21,22)18(27)24-10-1-4-12(5-2-10)28-16-8-7-15(29-16)17(26)25-14-9-11-3-6-13(14)23-11/h1-2,4-5,7-8,11,13-14,23H,3,6,9H2,(H,24,27)(H,25,26)/t11-,13+,14-/m1/s1. The Morgan fingerprint density at radius 1 is 1.10 bits per heavy atom. The van der Waals surface area contributed by atoms with Crippen LogP contribution in [0.25, 0.3) is 0 Å². The van der Waals surface area contributed by atoms with Gasteiger partial charge in [0.1, 0.15) is 5.75 Å². The van der Waals surface area contributed by atoms with Crippen molar-refractivity contribution in [2.24, 2.45) is 0 Å². The highest BCUT2D eigenvalue weighted by Gasteiger charge is 2.40. The van der Waals surface area contributed by atoms with Crippen LogP contribution in [0.2, 0.25) is 0 Å². The van der Waals surface area contributed by atoms with Gasteiger partial charge >= 0.3 is 12.1 Å². The van der Waals surface area contributed by atoms with E-state index in [9.17, 15) is 22.8 Å². The Labute approximate surface area is 168 Å². The highest BCUT2D eigenvalue weighted by Crippen LogP contribution is 2.32. The third-order valence-corrected chi connectivity index (χ3v) is 5.97. The van der Waals surface area contributed by atoms with Crippen molar-refractivity contribution in [1.29, 1.82) is 0 Å². The first-order valence-electron chi connectivity index (χ1n) is 9.11. The lowest BCUT2D eigenvalue weighted by atomic mass is 9.95. The SMILES string of the molecule is O=C(N[C@@H]1C[C@H]2CC[C@@H]1N2)c1ccc(Oc2ccc(NC(=O)C(F)(F)F)cc2)s1. The number of anilines is 1. The molecule has 2 fully saturated rings. The van der Waals surface area contributed by atoms with Crippen LogP contribution in [0.1, 0.15) is 28.9 Å². The first-order valence-corrected chi connectivity index (χ1v) is 9.92. The highest BCUT2D eigenvalue weighted by molar-refractivity contribution is 7.15. The molecule has 154 valence electrons. The summed E-state index contributed by atoms with van der Waals surface area (Å²) in [7, 11) is 0. The van der Waals surface area contributed by atoms with Crippen LogP contribution in [0.5, 0.6) is 10.8 Å². The number of nitrogens with one attached hydrogen (secondary N) is 3. The van der Waals surface area contributed by atoms with Gasteiger partial charge in [-0.05, 0) is 55.7 Å². The molecule has 2 aromatic rings. The van der Waals surface area contributed by atoms with Gasteiger partial charge in [-0.25, -0.2) is 0 Å². The molecule has 0 radical (unpaired) electrons. The van der Waals surface area contributed by atoms with E-state index in [1.54, 1.807) is 17.4 Å². The Kier molecular flexibility index (Phi) is 5.22. The van der Waals surface area contributed by atoms with E-state index in [2.05, 4.69) is 10.6 Å². The van der Waals surface area contributed by atoms with E-state index < -0.39 is 12.1 Å². The van der Waals surface area contributed by atoms with Gasteiger partial charge in [0.25, 0.3) is 5.91 Å². The number of ether oxygens (including phenoxy) is 1. The van der Waals surface area contributed by atoms with E-state index in [1.807, 2.05) is 0 Å². The first-order chi connectivity index (χ1) is 13.8. The molecule has 10 heteroatoms. The fourth-order valence-corrected chi connectivity index (χ4v) is 4.42. The molecule has 0 spiro atoms. The number of hydrogen-bond acceptors (Lipinski definition) is 5. The number of hydrogen-bond donors (Lipinski definition) is 3. The molecule has 3 atom stereocenters. The quantitative estimate of drug-likeness (QED) is 0.683. The molecule has 2 saturated heterocycles. The summed E-state index contributed by atoms with van der Waals surface area (Å²) in [5.41, 5.74) is 0.00499. The van der Waals surface area contributed by atoms with Gasteiger partial charge in [-0.3, -0.25) is 9.59 Å². The maximum atomic E-state index is 12.5. The Bertz CT molecular complexity index is 913. The molecule has 1 aromatic heterocycles. The van der Waals surface area contributed by atoms with Crippen LogP contribution in [-0.2, 0) is 4.79 Å². The molecule has 3 N–H and O–H groups in total. The first kappa shape index (κ1) is 19.7. The minimum absolute atomic E-state index is 0.00499. The molecule has 6 nitrogen and oxygen atoms in total. The summed E-state index contributed by atoms with van der Waals surface area (Å²) in [5.74, 6) is -1.80. The second-order valence-electron chi connectivity index (χ2n) is 7.06. The van der Waals surface area contributed by atoms with Crippen LogP contribution in [-0.4, -0.2) is 36.1 Å². The number of alkyl halides is 3. The topological polar surface area (TPSA) is 79.5 Å². The van der Waals surface area contributed by atoms with Crippen LogP contribution in [0.15, 0.2) is 36.4 Å². The van der Waals surface area contributed by atoms with Crippen molar-refractivity contribution >= 4 is 28.8 Å². The molecule has 0 saturated carbocycles. The van der Waals surface area contributed by atoms with E-state index in [4.69, 9.17) is 4.74 Å². The predicted octanol–water partition coefficient (Wildman–Crippen LogP) is 3.66. The second kappa shape index (κ2) is 7.68. The fraction of sp³-hybridized carbons (Fsp3) is 0.368. The molecule has 2 amide bonds. The number of amides is 2. The number of carbonyl (C=O) groups is 2. The Morgan fingerprint density at radius 2 is 1.86 bits per heavy atom. The predicted molar refractivity (Wildman–Crippen MR) is 101 cm³/mol. The Balaban J connectivity index is 1.33. The van der Waals surface area contributed by atoms with Crippen molar-refractivity contribution in [1.82, 2.24) is 10.6 Å². The summed E-state index contributed by atoms with van der Waals surface area (Å²) in [4.78, 5) is 23.9. The van der Waals surface area contributed by atoms with Gasteiger partial charge < -0.3 is 20.7 Å². The molecular formula is C19H18F3N3O3S. The number of carbonyl (C=O) groups excluding carboxylic acids is 2. The van der Waals surface area contributed by atoms with Gasteiger partial charge in [0.05, 0.1) is 4.88 Å². The van der Waals surface area contributed by atoms with Crippen LogP contribution in [0, 0.1) is 0 Å². The third kappa shape index (κ3) is 4.54. The van der Waals surface area contributed by atoms with Gasteiger partial charge in [0.15, 0.2) is 5.06 Å². The Morgan fingerprint density at radius 3 is 2.48 bits per heavy atom. The summed E-state index contributed by atoms with van der Waals surface area (Å²) in [6.07, 6.45) is -1.76. The summed E-state index contributed by atoms with van der Waals surface area (Å²) in [6, 6.07) is 9.81. The lowest BCUT2D eigenvalue weighted by Crippen LogP contribution is -2.42. The number of fused-ring (bicyclic) bond motifs is 2. The maximum absolute atomic E-state index is 12.5. The Hall–Kier alpha value is -2.59. The zero-order valence-electron chi connectivity index (χ0n) is 15.1. The monoisotopic (exact) mass is 425 g/mol. The van der Waals surface area contributed by atoms with Gasteiger partial charge in [-0.1, -0.05) is 11.3 Å². The number of benzene rings is 1. The molecule has 4 rings (SSSR count). The van der Waals surface area contributed by atoms with E-state index in [0.717, 1.165) is 19.3 Å². The van der Waals surface area contributed by atoms with Gasteiger partial charge in [-0.15, -0.1) is 0 Å². The molecule has 2 bridgehead atoms. The number of rotatable bonds is 5. The number of halogens is 3. The molecule has 3 heterocycles. The largest absolute Gasteiger partial charge is 0.471 e. The minimum atomic E-state index is -4.95. The van der Waals surface area contributed by atoms with Crippen LogP contribution in [0.4, 0.5) is 18.9 Å². The van der Waals surface area contributed by atoms with Gasteiger partial charge in [0, 0.05) is 23.8 Å². The van der Waals surface area contributed by atoms with Gasteiger partial charge in [-0.2, -0.15) is 13.2 Å². The maximum Gasteiger partial charge on any atom is 0.471 e. The van der Waals surface area contributed by atoms with Crippen LogP contribution >= 0.6 is 11.3 Å². The smallest absolute Gasteiger partial charge is 0.447 e. The summed E-state index contributed by atoms with van der Waals surface area (Å²) in [5, 5.41) is 8.78. The van der Waals surface area contributed by atoms with E-state index in [-0.39, 0.29) is 17.6 Å². The van der Waals surface area contributed by atoms with E-state index in [0.29, 0.717) is 27.8 Å². The van der Waals surface area contributed by atoms with Crippen molar-refractivity contribution in [2.75, 3.05) is 5.32 Å². The summed E-state index contributed by atoms with van der Waals surface area (Å²) in [6.45, 7) is 0. The molecule has 0 unspecified atom stereocenters. The molecular weight excluding hydrogens is 407 g/mol. The molecule has 1 aromatic carbocycles. The van der Waals surface area contributed by atoms with Crippen LogP contribution < -0.4 is 20.7 Å². The van der Waals surface area contributed by atoms with Gasteiger partial charge in [0.2, 0.25) is 0 Å². The lowest BCUT2D eigenvalue weighted by Gasteiger charge is -2.20. The third-order valence-electron chi connectivity index (χ3n) is 5.01. The number of thiophene rings is 1. The zero-order chi connectivity index (χ0) is 20.6. The lowest BCUT2D eigenvalue weighted by molar-refractivity contribution is -0.167. The summed E-state index contributed by atoms with van der Waals surface area (Å²) >= 11 is 1.18. The molecule has 2 aliphatic rings. The highest BCUT2D eigenvalue weighted by atomic mass is 32.1. The van der Waals surface area contributed by atoms with E-state index >= 15 is 0 Å². The van der Waals surface area contributed by atoms with Crippen molar-refractivity contribution in [2.45, 2.75) is 43.6 Å². The molecule has 2 aliphatic heterocycles. The van der Waals surface area contributed by atoms with Crippen molar-refractivity contribution < 1.29 is 27.5 Å².